The van der Waals surface area contributed by atoms with Crippen LogP contribution >= 0.6 is 27.5 Å². The van der Waals surface area contributed by atoms with Gasteiger partial charge >= 0.3 is 0 Å². The molecule has 2 heterocycles. The van der Waals surface area contributed by atoms with Crippen LogP contribution in [0.15, 0.2) is 27.6 Å². The van der Waals surface area contributed by atoms with Crippen LogP contribution in [0, 0.1) is 0 Å². The van der Waals surface area contributed by atoms with E-state index in [1.165, 1.54) is 11.5 Å². The highest BCUT2D eigenvalue weighted by atomic mass is 79.9. The summed E-state index contributed by atoms with van der Waals surface area (Å²) in [5.74, 6) is 0. The topological polar surface area (TPSA) is 59.8 Å². The smallest absolute Gasteiger partial charge is 0.265 e. The second-order valence-corrected chi connectivity index (χ2v) is 5.37. The van der Waals surface area contributed by atoms with Crippen molar-refractivity contribution in [2.45, 2.75) is 19.9 Å². The van der Waals surface area contributed by atoms with E-state index in [0.717, 1.165) is 23.7 Å². The number of nitrogens with one attached hydrogen (secondary N) is 1. The minimum absolute atomic E-state index is 0.0630. The van der Waals surface area contributed by atoms with E-state index in [2.05, 4.69) is 37.8 Å². The lowest BCUT2D eigenvalue weighted by molar-refractivity contribution is 0.732. The zero-order chi connectivity index (χ0) is 13.0. The fourth-order valence-electron chi connectivity index (χ4n) is 1.48. The molecule has 0 saturated heterocycles. The second kappa shape index (κ2) is 6.10. The van der Waals surface area contributed by atoms with Gasteiger partial charge in [-0.1, -0.05) is 11.4 Å². The summed E-state index contributed by atoms with van der Waals surface area (Å²) in [6.45, 7) is 3.41. The molecule has 0 aliphatic carbocycles. The maximum atomic E-state index is 11.9. The van der Waals surface area contributed by atoms with Crippen molar-refractivity contribution in [1.82, 2.24) is 14.2 Å². The van der Waals surface area contributed by atoms with Crippen LogP contribution in [0.3, 0.4) is 0 Å². The molecule has 0 fully saturated rings. The molecule has 18 heavy (non-hydrogen) atoms. The maximum Gasteiger partial charge on any atom is 0.265 e. The summed E-state index contributed by atoms with van der Waals surface area (Å²) in [7, 11) is 0. The van der Waals surface area contributed by atoms with Gasteiger partial charge in [0.25, 0.3) is 5.56 Å². The monoisotopic (exact) mass is 328 g/mol. The van der Waals surface area contributed by atoms with Crippen LogP contribution in [0.1, 0.15) is 19.0 Å². The molecule has 0 saturated carbocycles. The Kier molecular flexibility index (Phi) is 4.48. The molecule has 7 heteroatoms. The SMILES string of the molecule is CCCNc1snnc1Cn1cccc(Br)c1=O. The summed E-state index contributed by atoms with van der Waals surface area (Å²) in [6, 6.07) is 3.55. The van der Waals surface area contributed by atoms with Gasteiger partial charge < -0.3 is 9.88 Å². The van der Waals surface area contributed by atoms with Crippen LogP contribution in [0.4, 0.5) is 5.00 Å². The van der Waals surface area contributed by atoms with E-state index in [1.54, 1.807) is 16.8 Å². The molecular weight excluding hydrogens is 316 g/mol. The third-order valence-electron chi connectivity index (χ3n) is 2.39. The highest BCUT2D eigenvalue weighted by Crippen LogP contribution is 2.18. The number of aromatic nitrogens is 3. The van der Waals surface area contributed by atoms with Crippen molar-refractivity contribution < 1.29 is 0 Å². The molecule has 0 bridgehead atoms. The minimum atomic E-state index is -0.0630. The number of pyridine rings is 1. The first-order valence-corrected chi connectivity index (χ1v) is 7.19. The molecule has 0 spiro atoms. The number of halogens is 1. The van der Waals surface area contributed by atoms with Crippen LogP contribution < -0.4 is 10.9 Å². The van der Waals surface area contributed by atoms with Gasteiger partial charge in [0.15, 0.2) is 0 Å². The van der Waals surface area contributed by atoms with Crippen LogP contribution in [0.25, 0.3) is 0 Å². The van der Waals surface area contributed by atoms with Gasteiger partial charge in [-0.3, -0.25) is 4.79 Å². The Hall–Kier alpha value is -1.21. The summed E-state index contributed by atoms with van der Waals surface area (Å²) in [6.07, 6.45) is 2.78. The van der Waals surface area contributed by atoms with Crippen LogP contribution in [-0.2, 0) is 6.54 Å². The molecule has 2 aromatic rings. The molecule has 2 rings (SSSR count). The first-order chi connectivity index (χ1) is 8.72. The zero-order valence-corrected chi connectivity index (χ0v) is 12.3. The number of hydrogen-bond acceptors (Lipinski definition) is 5. The van der Waals surface area contributed by atoms with Gasteiger partial charge in [-0.2, -0.15) is 0 Å². The fourth-order valence-corrected chi connectivity index (χ4v) is 2.46. The van der Waals surface area contributed by atoms with E-state index in [1.807, 2.05) is 6.07 Å². The summed E-state index contributed by atoms with van der Waals surface area (Å²) in [5, 5.41) is 8.26. The highest BCUT2D eigenvalue weighted by molar-refractivity contribution is 9.10. The highest BCUT2D eigenvalue weighted by Gasteiger charge is 2.09. The van der Waals surface area contributed by atoms with E-state index in [9.17, 15) is 4.79 Å². The summed E-state index contributed by atoms with van der Waals surface area (Å²) >= 11 is 4.55. The lowest BCUT2D eigenvalue weighted by Gasteiger charge is -2.06. The van der Waals surface area contributed by atoms with Gasteiger partial charge in [0.1, 0.15) is 10.7 Å². The molecule has 0 unspecified atom stereocenters. The number of nitrogens with zero attached hydrogens (tertiary/aromatic N) is 3. The molecule has 2 aromatic heterocycles. The molecule has 96 valence electrons. The predicted molar refractivity (Wildman–Crippen MR) is 76.2 cm³/mol. The third kappa shape index (κ3) is 2.97. The van der Waals surface area contributed by atoms with Crippen molar-refractivity contribution in [3.63, 3.8) is 0 Å². The van der Waals surface area contributed by atoms with Crippen LogP contribution in [0.2, 0.25) is 0 Å². The Balaban J connectivity index is 2.21. The van der Waals surface area contributed by atoms with Crippen molar-refractivity contribution in [3.05, 3.63) is 38.9 Å². The van der Waals surface area contributed by atoms with Crippen molar-refractivity contribution in [1.29, 1.82) is 0 Å². The Morgan fingerprint density at radius 2 is 2.39 bits per heavy atom. The fraction of sp³-hybridized carbons (Fsp3) is 0.364. The number of rotatable bonds is 5. The summed E-state index contributed by atoms with van der Waals surface area (Å²) in [4.78, 5) is 11.9. The molecular formula is C11H13BrN4OS. The lowest BCUT2D eigenvalue weighted by atomic mass is 10.4. The first kappa shape index (κ1) is 13.2. The van der Waals surface area contributed by atoms with Gasteiger partial charge in [0, 0.05) is 24.3 Å². The van der Waals surface area contributed by atoms with Gasteiger partial charge in [-0.05, 0) is 34.5 Å². The standard InChI is InChI=1S/C11H13BrN4OS/c1-2-5-13-10-9(14-15-18-10)7-16-6-3-4-8(12)11(16)17/h3-4,6,13H,2,5,7H2,1H3. The Morgan fingerprint density at radius 3 is 3.17 bits per heavy atom. The van der Waals surface area contributed by atoms with Crippen molar-refractivity contribution >= 4 is 32.5 Å². The predicted octanol–water partition coefficient (Wildman–Crippen LogP) is 2.33. The van der Waals surface area contributed by atoms with E-state index in [0.29, 0.717) is 11.0 Å². The zero-order valence-electron chi connectivity index (χ0n) is 9.89. The maximum absolute atomic E-state index is 11.9. The van der Waals surface area contributed by atoms with Crippen molar-refractivity contribution in [3.8, 4) is 0 Å². The Labute approximate surface area is 117 Å². The molecule has 0 amide bonds. The van der Waals surface area contributed by atoms with Gasteiger partial charge in [-0.25, -0.2) is 0 Å². The molecule has 0 aromatic carbocycles. The molecule has 1 N–H and O–H groups in total. The van der Waals surface area contributed by atoms with Crippen molar-refractivity contribution in [2.24, 2.45) is 0 Å². The third-order valence-corrected chi connectivity index (χ3v) is 3.71. The largest absolute Gasteiger partial charge is 0.374 e. The Morgan fingerprint density at radius 1 is 1.56 bits per heavy atom. The molecule has 5 nitrogen and oxygen atoms in total. The van der Waals surface area contributed by atoms with E-state index in [4.69, 9.17) is 0 Å². The first-order valence-electron chi connectivity index (χ1n) is 5.62. The second-order valence-electron chi connectivity index (χ2n) is 3.76. The van der Waals surface area contributed by atoms with E-state index < -0.39 is 0 Å². The molecule has 0 atom stereocenters. The molecule has 0 radical (unpaired) electrons. The molecule has 0 aliphatic rings. The van der Waals surface area contributed by atoms with Gasteiger partial charge in [0.05, 0.1) is 11.0 Å². The van der Waals surface area contributed by atoms with Gasteiger partial charge in [-0.15, -0.1) is 5.10 Å². The van der Waals surface area contributed by atoms with E-state index >= 15 is 0 Å². The average molecular weight is 329 g/mol. The normalized spacial score (nSPS) is 10.6. The number of anilines is 1. The summed E-state index contributed by atoms with van der Waals surface area (Å²) in [5.41, 5.74) is 0.737. The van der Waals surface area contributed by atoms with E-state index in [-0.39, 0.29) is 5.56 Å². The quantitative estimate of drug-likeness (QED) is 0.915. The minimum Gasteiger partial charge on any atom is -0.374 e. The Bertz CT molecular complexity index is 580. The number of hydrogen-bond donors (Lipinski definition) is 1. The summed E-state index contributed by atoms with van der Waals surface area (Å²) < 4.78 is 6.09. The lowest BCUT2D eigenvalue weighted by Crippen LogP contribution is -2.20. The van der Waals surface area contributed by atoms with Crippen LogP contribution in [-0.4, -0.2) is 20.7 Å². The van der Waals surface area contributed by atoms with Gasteiger partial charge in [0.2, 0.25) is 0 Å². The molecule has 0 aliphatic heterocycles. The van der Waals surface area contributed by atoms with Crippen LogP contribution in [0.5, 0.6) is 0 Å². The van der Waals surface area contributed by atoms with Crippen molar-refractivity contribution in [2.75, 3.05) is 11.9 Å². The average Bonchev–Trinajstić information content (AvgIpc) is 2.80.